The van der Waals surface area contributed by atoms with Crippen LogP contribution in [0, 0.1) is 5.82 Å². The first-order chi connectivity index (χ1) is 9.25. The Hall–Kier alpha value is -1.52. The Kier molecular flexibility index (Phi) is 4.47. The molecule has 21 heavy (non-hydrogen) atoms. The fourth-order valence-electron chi connectivity index (χ4n) is 1.25. The molecule has 0 aromatic heterocycles. The number of hydrogen-bond acceptors (Lipinski definition) is 5. The molecule has 10 heteroatoms. The fourth-order valence-corrected chi connectivity index (χ4v) is 2.21. The van der Waals surface area contributed by atoms with E-state index in [4.69, 9.17) is 5.14 Å². The summed E-state index contributed by atoms with van der Waals surface area (Å²) in [6.07, 6.45) is 0.883. The summed E-state index contributed by atoms with van der Waals surface area (Å²) in [4.78, 5) is 11.4. The molecule has 0 aliphatic heterocycles. The van der Waals surface area contributed by atoms with Crippen molar-refractivity contribution in [1.29, 1.82) is 0 Å². The van der Waals surface area contributed by atoms with Gasteiger partial charge < -0.3 is 5.32 Å². The molecule has 3 N–H and O–H groups in total. The lowest BCUT2D eigenvalue weighted by atomic mass is 10.2. The molecule has 0 spiro atoms. The number of hydrogen-bond donors (Lipinski definition) is 2. The van der Waals surface area contributed by atoms with Crippen LogP contribution in [0.3, 0.4) is 0 Å². The van der Waals surface area contributed by atoms with Crippen LogP contribution in [0.1, 0.15) is 13.8 Å². The van der Waals surface area contributed by atoms with Crippen molar-refractivity contribution in [2.24, 2.45) is 5.14 Å². The van der Waals surface area contributed by atoms with Gasteiger partial charge >= 0.3 is 0 Å². The smallest absolute Gasteiger partial charge is 0.245 e. The SMILES string of the molecule is CC(C)(C(=O)Nc1cc(F)cc(S(N)(=O)=O)c1)S(C)(=O)=O. The molecule has 1 rings (SSSR count). The van der Waals surface area contributed by atoms with Crippen molar-refractivity contribution in [2.45, 2.75) is 23.5 Å². The zero-order chi connectivity index (χ0) is 16.6. The molecule has 1 aromatic rings. The average Bonchev–Trinajstić information content (AvgIpc) is 2.25. The van der Waals surface area contributed by atoms with Crippen LogP contribution in [-0.2, 0) is 24.7 Å². The first kappa shape index (κ1) is 17.5. The van der Waals surface area contributed by atoms with E-state index in [1.54, 1.807) is 0 Å². The summed E-state index contributed by atoms with van der Waals surface area (Å²) in [7, 11) is -7.88. The third kappa shape index (κ3) is 3.99. The van der Waals surface area contributed by atoms with Gasteiger partial charge in [-0.05, 0) is 32.0 Å². The summed E-state index contributed by atoms with van der Waals surface area (Å²) < 4.78 is 57.0. The second-order valence-corrected chi connectivity index (χ2v) is 9.08. The van der Waals surface area contributed by atoms with Crippen molar-refractivity contribution in [3.05, 3.63) is 24.0 Å². The van der Waals surface area contributed by atoms with Gasteiger partial charge in [0.15, 0.2) is 9.84 Å². The van der Waals surface area contributed by atoms with Crippen molar-refractivity contribution in [1.82, 2.24) is 0 Å². The van der Waals surface area contributed by atoms with Crippen molar-refractivity contribution in [3.8, 4) is 0 Å². The Morgan fingerprint density at radius 3 is 2.14 bits per heavy atom. The lowest BCUT2D eigenvalue weighted by Gasteiger charge is -2.21. The summed E-state index contributed by atoms with van der Waals surface area (Å²) in [6.45, 7) is 2.36. The quantitative estimate of drug-likeness (QED) is 0.813. The number of primary sulfonamides is 1. The van der Waals surface area contributed by atoms with Crippen LogP contribution < -0.4 is 10.5 Å². The minimum Gasteiger partial charge on any atom is -0.325 e. The lowest BCUT2D eigenvalue weighted by Crippen LogP contribution is -2.43. The van der Waals surface area contributed by atoms with Gasteiger partial charge in [0, 0.05) is 11.9 Å². The van der Waals surface area contributed by atoms with Gasteiger partial charge in [-0.1, -0.05) is 0 Å². The molecule has 7 nitrogen and oxygen atoms in total. The van der Waals surface area contributed by atoms with Crippen LogP contribution in [-0.4, -0.2) is 33.7 Å². The minimum atomic E-state index is -4.16. The van der Waals surface area contributed by atoms with Crippen LogP contribution in [0.25, 0.3) is 0 Å². The van der Waals surface area contributed by atoms with E-state index >= 15 is 0 Å². The van der Waals surface area contributed by atoms with E-state index in [-0.39, 0.29) is 5.69 Å². The summed E-state index contributed by atoms with van der Waals surface area (Å²) in [5, 5.41) is 7.04. The molecular weight excluding hydrogens is 323 g/mol. The highest BCUT2D eigenvalue weighted by molar-refractivity contribution is 7.92. The van der Waals surface area contributed by atoms with Crippen LogP contribution in [0.4, 0.5) is 10.1 Å². The molecule has 0 aliphatic rings. The van der Waals surface area contributed by atoms with Crippen molar-refractivity contribution >= 4 is 31.5 Å². The van der Waals surface area contributed by atoms with Crippen LogP contribution >= 0.6 is 0 Å². The molecule has 0 saturated heterocycles. The van der Waals surface area contributed by atoms with Gasteiger partial charge in [0.1, 0.15) is 10.6 Å². The van der Waals surface area contributed by atoms with Gasteiger partial charge in [0.25, 0.3) is 0 Å². The predicted octanol–water partition coefficient (Wildman–Crippen LogP) is 0.235. The van der Waals surface area contributed by atoms with E-state index in [1.807, 2.05) is 0 Å². The number of nitrogens with two attached hydrogens (primary N) is 1. The minimum absolute atomic E-state index is 0.208. The summed E-state index contributed by atoms with van der Waals surface area (Å²) in [6, 6.07) is 2.48. The zero-order valence-electron chi connectivity index (χ0n) is 11.5. The summed E-state index contributed by atoms with van der Waals surface area (Å²) in [5.41, 5.74) is -0.208. The Morgan fingerprint density at radius 2 is 1.71 bits per heavy atom. The highest BCUT2D eigenvalue weighted by atomic mass is 32.2. The fraction of sp³-hybridized carbons (Fsp3) is 0.364. The number of anilines is 1. The Bertz CT molecular complexity index is 785. The molecule has 1 amide bonds. The maximum atomic E-state index is 13.3. The molecule has 0 heterocycles. The number of halogens is 1. The van der Waals surface area contributed by atoms with Gasteiger partial charge in [-0.3, -0.25) is 4.79 Å². The zero-order valence-corrected chi connectivity index (χ0v) is 13.2. The molecule has 0 fully saturated rings. The maximum absolute atomic E-state index is 13.3. The number of sulfonamides is 1. The largest absolute Gasteiger partial charge is 0.325 e. The second kappa shape index (κ2) is 5.35. The number of carbonyl (C=O) groups is 1. The van der Waals surface area contributed by atoms with Gasteiger partial charge in [-0.25, -0.2) is 26.4 Å². The van der Waals surface area contributed by atoms with Crippen molar-refractivity contribution < 1.29 is 26.0 Å². The lowest BCUT2D eigenvalue weighted by molar-refractivity contribution is -0.117. The molecule has 1 aromatic carbocycles. The Morgan fingerprint density at radius 1 is 1.19 bits per heavy atom. The molecular formula is C11H15FN2O5S2. The summed E-state index contributed by atoms with van der Waals surface area (Å²) in [5.74, 6) is -1.86. The van der Waals surface area contributed by atoms with Crippen molar-refractivity contribution in [3.63, 3.8) is 0 Å². The molecule has 0 radical (unpaired) electrons. The maximum Gasteiger partial charge on any atom is 0.245 e. The molecule has 0 aliphatic carbocycles. The number of sulfone groups is 1. The number of benzene rings is 1. The number of nitrogens with one attached hydrogen (secondary N) is 1. The van der Waals surface area contributed by atoms with E-state index in [9.17, 15) is 26.0 Å². The van der Waals surface area contributed by atoms with Crippen LogP contribution in [0.5, 0.6) is 0 Å². The van der Waals surface area contributed by atoms with Gasteiger partial charge in [-0.15, -0.1) is 0 Å². The van der Waals surface area contributed by atoms with Crippen LogP contribution in [0.2, 0.25) is 0 Å². The van der Waals surface area contributed by atoms with Crippen LogP contribution in [0.15, 0.2) is 23.1 Å². The Balaban J connectivity index is 3.22. The third-order valence-electron chi connectivity index (χ3n) is 2.93. The summed E-state index contributed by atoms with van der Waals surface area (Å²) >= 11 is 0. The molecule has 118 valence electrons. The van der Waals surface area contributed by atoms with Gasteiger partial charge in [0.2, 0.25) is 15.9 Å². The van der Waals surface area contributed by atoms with Crippen molar-refractivity contribution in [2.75, 3.05) is 11.6 Å². The highest BCUT2D eigenvalue weighted by Crippen LogP contribution is 2.21. The molecule has 0 unspecified atom stereocenters. The van der Waals surface area contributed by atoms with E-state index in [0.717, 1.165) is 18.4 Å². The molecule has 0 atom stereocenters. The first-order valence-corrected chi connectivity index (χ1v) is 9.03. The topological polar surface area (TPSA) is 123 Å². The number of rotatable bonds is 4. The highest BCUT2D eigenvalue weighted by Gasteiger charge is 2.38. The second-order valence-electron chi connectivity index (χ2n) is 4.96. The molecule has 0 saturated carbocycles. The van der Waals surface area contributed by atoms with E-state index in [0.29, 0.717) is 6.07 Å². The Labute approximate surface area is 122 Å². The average molecular weight is 338 g/mol. The number of carbonyl (C=O) groups excluding carboxylic acids is 1. The monoisotopic (exact) mass is 338 g/mol. The van der Waals surface area contributed by atoms with Gasteiger partial charge in [0.05, 0.1) is 4.90 Å². The molecule has 0 bridgehead atoms. The third-order valence-corrected chi connectivity index (χ3v) is 5.86. The number of amides is 1. The normalized spacial score (nSPS) is 13.0. The first-order valence-electron chi connectivity index (χ1n) is 5.59. The predicted molar refractivity (Wildman–Crippen MR) is 75.3 cm³/mol. The van der Waals surface area contributed by atoms with Gasteiger partial charge in [-0.2, -0.15) is 0 Å². The standard InChI is InChI=1S/C11H15FN2O5S2/c1-11(2,20(3,16)17)10(15)14-8-4-7(12)5-9(6-8)21(13,18)19/h4-6H,1-3H3,(H,14,15)(H2,13,18,19). The van der Waals surface area contributed by atoms with E-state index in [1.165, 1.54) is 13.8 Å². The van der Waals surface area contributed by atoms with E-state index in [2.05, 4.69) is 5.32 Å². The van der Waals surface area contributed by atoms with E-state index < -0.39 is 41.2 Å².